The van der Waals surface area contributed by atoms with Gasteiger partial charge in [-0.1, -0.05) is 19.4 Å². The molecular formula is C14H16N2O3. The zero-order chi connectivity index (χ0) is 13.6. The molecule has 2 N–H and O–H groups in total. The lowest BCUT2D eigenvalue weighted by Gasteiger charge is -2.38. The van der Waals surface area contributed by atoms with E-state index in [0.29, 0.717) is 17.6 Å². The van der Waals surface area contributed by atoms with Gasteiger partial charge in [-0.05, 0) is 30.4 Å². The monoisotopic (exact) mass is 260 g/mol. The van der Waals surface area contributed by atoms with Crippen molar-refractivity contribution < 1.29 is 9.90 Å². The largest absolute Gasteiger partial charge is 0.478 e. The Morgan fingerprint density at radius 3 is 2.79 bits per heavy atom. The van der Waals surface area contributed by atoms with Gasteiger partial charge in [0.1, 0.15) is 0 Å². The molecule has 1 heterocycles. The van der Waals surface area contributed by atoms with Crippen LogP contribution in [0.1, 0.15) is 36.5 Å². The second kappa shape index (κ2) is 3.98. The van der Waals surface area contributed by atoms with Crippen LogP contribution in [-0.2, 0) is 6.54 Å². The number of carboxylic acid groups (broad SMARTS) is 1. The van der Waals surface area contributed by atoms with E-state index in [2.05, 4.69) is 11.9 Å². The molecule has 0 atom stereocenters. The van der Waals surface area contributed by atoms with Gasteiger partial charge in [-0.3, -0.25) is 4.57 Å². The number of carbonyl (C=O) groups is 1. The van der Waals surface area contributed by atoms with E-state index in [9.17, 15) is 14.7 Å². The minimum Gasteiger partial charge on any atom is -0.478 e. The number of nitrogens with zero attached hydrogens (tertiary/aromatic N) is 1. The molecule has 0 radical (unpaired) electrons. The van der Waals surface area contributed by atoms with Crippen molar-refractivity contribution in [3.05, 3.63) is 34.2 Å². The smallest absolute Gasteiger partial charge is 0.337 e. The number of hydrogen-bond donors (Lipinski definition) is 2. The third-order valence-corrected chi connectivity index (χ3v) is 4.12. The van der Waals surface area contributed by atoms with Crippen molar-refractivity contribution in [3.8, 4) is 0 Å². The molecule has 3 rings (SSSR count). The molecule has 0 saturated heterocycles. The van der Waals surface area contributed by atoms with Crippen molar-refractivity contribution in [1.82, 2.24) is 9.55 Å². The van der Waals surface area contributed by atoms with Crippen LogP contribution in [-0.4, -0.2) is 20.6 Å². The molecule has 5 nitrogen and oxygen atoms in total. The molecule has 1 aromatic heterocycles. The second-order valence-electron chi connectivity index (χ2n) is 5.69. The minimum absolute atomic E-state index is 0.116. The van der Waals surface area contributed by atoms with Crippen LogP contribution in [0.15, 0.2) is 23.0 Å². The number of aromatic carboxylic acids is 1. The van der Waals surface area contributed by atoms with Gasteiger partial charge >= 0.3 is 11.7 Å². The van der Waals surface area contributed by atoms with Crippen LogP contribution < -0.4 is 5.69 Å². The predicted molar refractivity (Wildman–Crippen MR) is 71.5 cm³/mol. The molecule has 1 saturated carbocycles. The van der Waals surface area contributed by atoms with Crippen molar-refractivity contribution in [2.45, 2.75) is 32.7 Å². The summed E-state index contributed by atoms with van der Waals surface area (Å²) in [6.07, 6.45) is 3.35. The number of aromatic amines is 1. The summed E-state index contributed by atoms with van der Waals surface area (Å²) in [6, 6.07) is 4.93. The average molecular weight is 260 g/mol. The molecular weight excluding hydrogens is 244 g/mol. The second-order valence-corrected chi connectivity index (χ2v) is 5.69. The molecule has 1 aromatic carbocycles. The van der Waals surface area contributed by atoms with E-state index in [1.807, 2.05) is 0 Å². The maximum absolute atomic E-state index is 12.0. The maximum atomic E-state index is 12.0. The van der Waals surface area contributed by atoms with Gasteiger partial charge in [0, 0.05) is 6.54 Å². The highest BCUT2D eigenvalue weighted by Gasteiger charge is 2.33. The molecule has 0 unspecified atom stereocenters. The summed E-state index contributed by atoms with van der Waals surface area (Å²) < 4.78 is 1.58. The van der Waals surface area contributed by atoms with E-state index in [1.165, 1.54) is 12.5 Å². The van der Waals surface area contributed by atoms with E-state index in [4.69, 9.17) is 0 Å². The molecule has 1 aliphatic carbocycles. The van der Waals surface area contributed by atoms with Gasteiger partial charge in [0.25, 0.3) is 0 Å². The van der Waals surface area contributed by atoms with Gasteiger partial charge in [0.15, 0.2) is 0 Å². The van der Waals surface area contributed by atoms with Gasteiger partial charge in [-0.25, -0.2) is 9.59 Å². The fourth-order valence-corrected chi connectivity index (χ4v) is 2.86. The molecule has 19 heavy (non-hydrogen) atoms. The summed E-state index contributed by atoms with van der Waals surface area (Å²) in [5, 5.41) is 9.26. The number of carboxylic acids is 1. The van der Waals surface area contributed by atoms with E-state index in [1.54, 1.807) is 16.7 Å². The molecule has 0 aliphatic heterocycles. The quantitative estimate of drug-likeness (QED) is 0.888. The summed E-state index contributed by atoms with van der Waals surface area (Å²) in [5.74, 6) is -1.00. The summed E-state index contributed by atoms with van der Waals surface area (Å²) in [6.45, 7) is 2.72. The summed E-state index contributed by atoms with van der Waals surface area (Å²) in [5.41, 5.74) is 1.17. The van der Waals surface area contributed by atoms with Gasteiger partial charge in [-0.2, -0.15) is 0 Å². The van der Waals surface area contributed by atoms with E-state index in [-0.39, 0.29) is 16.7 Å². The molecule has 0 amide bonds. The Kier molecular flexibility index (Phi) is 2.52. The van der Waals surface area contributed by atoms with Crippen molar-refractivity contribution >= 4 is 17.0 Å². The highest BCUT2D eigenvalue weighted by atomic mass is 16.4. The average Bonchev–Trinajstić information content (AvgIpc) is 2.63. The number of benzene rings is 1. The lowest BCUT2D eigenvalue weighted by molar-refractivity contribution is 0.0697. The van der Waals surface area contributed by atoms with E-state index in [0.717, 1.165) is 12.8 Å². The molecule has 0 bridgehead atoms. The zero-order valence-corrected chi connectivity index (χ0v) is 10.8. The molecule has 100 valence electrons. The Hall–Kier alpha value is -2.04. The van der Waals surface area contributed by atoms with Crippen LogP contribution >= 0.6 is 0 Å². The topological polar surface area (TPSA) is 75.1 Å². The SMILES string of the molecule is CC1(Cn2c(=O)[nH]c3cccc(C(=O)O)c32)CCC1. The third kappa shape index (κ3) is 1.85. The number of hydrogen-bond acceptors (Lipinski definition) is 2. The predicted octanol–water partition coefficient (Wildman–Crippen LogP) is 2.22. The van der Waals surface area contributed by atoms with Crippen LogP contribution in [0, 0.1) is 5.41 Å². The molecule has 1 aliphatic rings. The third-order valence-electron chi connectivity index (χ3n) is 4.12. The lowest BCUT2D eigenvalue weighted by atomic mass is 9.70. The lowest BCUT2D eigenvalue weighted by Crippen LogP contribution is -2.34. The standard InChI is InChI=1S/C14H16N2O3/c1-14(6-3-7-14)8-16-11-9(12(17)18)4-2-5-10(11)15-13(16)19/h2,4-5H,3,6-8H2,1H3,(H,15,19)(H,17,18). The van der Waals surface area contributed by atoms with Crippen molar-refractivity contribution in [1.29, 1.82) is 0 Å². The van der Waals surface area contributed by atoms with E-state index >= 15 is 0 Å². The van der Waals surface area contributed by atoms with Crippen LogP contribution in [0.3, 0.4) is 0 Å². The molecule has 1 fully saturated rings. The first kappa shape index (κ1) is 12.0. The first-order valence-corrected chi connectivity index (χ1v) is 6.45. The first-order valence-electron chi connectivity index (χ1n) is 6.45. The molecule has 0 spiro atoms. The Bertz CT molecular complexity index is 707. The fourth-order valence-electron chi connectivity index (χ4n) is 2.86. The zero-order valence-electron chi connectivity index (χ0n) is 10.8. The highest BCUT2D eigenvalue weighted by molar-refractivity contribution is 6.01. The van der Waals surface area contributed by atoms with E-state index < -0.39 is 5.97 Å². The molecule has 2 aromatic rings. The number of imidazole rings is 1. The Labute approximate surface area is 109 Å². The van der Waals surface area contributed by atoms with Crippen LogP contribution in [0.25, 0.3) is 11.0 Å². The summed E-state index contributed by atoms with van der Waals surface area (Å²) in [4.78, 5) is 26.1. The highest BCUT2D eigenvalue weighted by Crippen LogP contribution is 2.41. The van der Waals surface area contributed by atoms with Crippen LogP contribution in [0.5, 0.6) is 0 Å². The van der Waals surface area contributed by atoms with Gasteiger partial charge < -0.3 is 10.1 Å². The van der Waals surface area contributed by atoms with Gasteiger partial charge in [0.2, 0.25) is 0 Å². The first-order chi connectivity index (χ1) is 9.00. The van der Waals surface area contributed by atoms with Crippen molar-refractivity contribution in [3.63, 3.8) is 0 Å². The van der Waals surface area contributed by atoms with Gasteiger partial charge in [0.05, 0.1) is 16.6 Å². The van der Waals surface area contributed by atoms with Crippen molar-refractivity contribution in [2.75, 3.05) is 0 Å². The summed E-state index contributed by atoms with van der Waals surface area (Å²) in [7, 11) is 0. The number of para-hydroxylation sites is 1. The Morgan fingerprint density at radius 2 is 2.21 bits per heavy atom. The van der Waals surface area contributed by atoms with Gasteiger partial charge in [-0.15, -0.1) is 0 Å². The number of H-pyrrole nitrogens is 1. The number of fused-ring (bicyclic) bond motifs is 1. The van der Waals surface area contributed by atoms with Crippen molar-refractivity contribution in [2.24, 2.45) is 5.41 Å². The maximum Gasteiger partial charge on any atom is 0.337 e. The summed E-state index contributed by atoms with van der Waals surface area (Å²) >= 11 is 0. The number of aromatic nitrogens is 2. The van der Waals surface area contributed by atoms with Crippen LogP contribution in [0.2, 0.25) is 0 Å². The van der Waals surface area contributed by atoms with Crippen LogP contribution in [0.4, 0.5) is 0 Å². The molecule has 5 heteroatoms. The number of rotatable bonds is 3. The minimum atomic E-state index is -1.00. The Morgan fingerprint density at radius 1 is 1.47 bits per heavy atom. The number of nitrogens with one attached hydrogen (secondary N) is 1. The Balaban J connectivity index is 2.19. The normalized spacial score (nSPS) is 17.3. The fraction of sp³-hybridized carbons (Fsp3) is 0.429.